The van der Waals surface area contributed by atoms with Gasteiger partial charge >= 0.3 is 0 Å². The summed E-state index contributed by atoms with van der Waals surface area (Å²) < 4.78 is 0. The maximum Gasteiger partial charge on any atom is 0.234 e. The molecule has 0 spiro atoms. The average molecular weight is 465 g/mol. The standard InChI is InChI=1S/C27H40N6O/c1-6-13-31(21-25-11-10-24(19-30-25)26(9-4)28-5)14-12-29-27(34)22-33-17-15-32(16-18-33)20-23(7-2)8-3/h6-11,19H,1-2,4,12-18,20-22H2,3,5H3,(H,29,34)/b23-8+,28-26?. The summed E-state index contributed by atoms with van der Waals surface area (Å²) in [6.07, 6.45) is 9.45. The van der Waals surface area contributed by atoms with Crippen LogP contribution in [0.25, 0.3) is 0 Å². The second-order valence-electron chi connectivity index (χ2n) is 8.34. The predicted molar refractivity (Wildman–Crippen MR) is 142 cm³/mol. The first-order valence-electron chi connectivity index (χ1n) is 11.9. The molecule has 1 saturated heterocycles. The Morgan fingerprint density at radius 2 is 1.85 bits per heavy atom. The Bertz CT molecular complexity index is 866. The van der Waals surface area contributed by atoms with Crippen molar-refractivity contribution < 1.29 is 4.79 Å². The van der Waals surface area contributed by atoms with Crippen LogP contribution in [-0.4, -0.2) is 97.3 Å². The fourth-order valence-corrected chi connectivity index (χ4v) is 3.90. The zero-order chi connectivity index (χ0) is 24.8. The van der Waals surface area contributed by atoms with Gasteiger partial charge in [-0.1, -0.05) is 31.4 Å². The topological polar surface area (TPSA) is 64.1 Å². The van der Waals surface area contributed by atoms with Gasteiger partial charge in [0, 0.05) is 77.7 Å². The van der Waals surface area contributed by atoms with Crippen LogP contribution in [0.1, 0.15) is 18.2 Å². The molecule has 0 bridgehead atoms. The molecule has 0 atom stereocenters. The Labute approximate surface area is 205 Å². The second-order valence-corrected chi connectivity index (χ2v) is 8.34. The van der Waals surface area contributed by atoms with Crippen molar-refractivity contribution >= 4 is 11.6 Å². The van der Waals surface area contributed by atoms with E-state index in [0.29, 0.717) is 19.6 Å². The lowest BCUT2D eigenvalue weighted by Gasteiger charge is -2.34. The molecule has 2 rings (SSSR count). The molecule has 7 heteroatoms. The quantitative estimate of drug-likeness (QED) is 0.260. The summed E-state index contributed by atoms with van der Waals surface area (Å²) in [6, 6.07) is 4.02. The number of carbonyl (C=O) groups is 1. The molecule has 1 aromatic rings. The highest BCUT2D eigenvalue weighted by molar-refractivity contribution is 6.08. The summed E-state index contributed by atoms with van der Waals surface area (Å²) in [4.78, 5) is 28.1. The highest BCUT2D eigenvalue weighted by Crippen LogP contribution is 2.07. The SMILES string of the molecule is C=CCN(CCNC(=O)CN1CCN(C/C(C=C)=C/C)CC1)Cc1ccc(C(C=C)=NC)cn1. The number of piperazine rings is 1. The zero-order valence-electron chi connectivity index (χ0n) is 20.9. The van der Waals surface area contributed by atoms with Crippen molar-refractivity contribution in [2.75, 3.05) is 66.0 Å². The lowest BCUT2D eigenvalue weighted by molar-refractivity contribution is -0.122. The first kappa shape index (κ1) is 27.4. The van der Waals surface area contributed by atoms with Crippen molar-refractivity contribution in [1.29, 1.82) is 0 Å². The number of amides is 1. The van der Waals surface area contributed by atoms with Gasteiger partial charge in [0.1, 0.15) is 0 Å². The van der Waals surface area contributed by atoms with Crippen LogP contribution >= 0.6 is 0 Å². The number of hydrogen-bond donors (Lipinski definition) is 1. The third-order valence-corrected chi connectivity index (χ3v) is 5.95. The van der Waals surface area contributed by atoms with E-state index in [0.717, 1.165) is 62.8 Å². The van der Waals surface area contributed by atoms with Gasteiger partial charge in [0.2, 0.25) is 5.91 Å². The van der Waals surface area contributed by atoms with E-state index >= 15 is 0 Å². The number of nitrogens with zero attached hydrogens (tertiary/aromatic N) is 5. The molecule has 1 fully saturated rings. The van der Waals surface area contributed by atoms with Crippen LogP contribution in [0.3, 0.4) is 0 Å². The van der Waals surface area contributed by atoms with Crippen LogP contribution < -0.4 is 5.32 Å². The highest BCUT2D eigenvalue weighted by atomic mass is 16.2. The van der Waals surface area contributed by atoms with E-state index in [4.69, 9.17) is 0 Å². The molecular weight excluding hydrogens is 424 g/mol. The van der Waals surface area contributed by atoms with Crippen molar-refractivity contribution in [3.63, 3.8) is 0 Å². The third kappa shape index (κ3) is 9.17. The maximum absolute atomic E-state index is 12.5. The van der Waals surface area contributed by atoms with Crippen molar-refractivity contribution in [3.8, 4) is 0 Å². The van der Waals surface area contributed by atoms with Crippen LogP contribution in [-0.2, 0) is 11.3 Å². The van der Waals surface area contributed by atoms with Gasteiger partial charge in [-0.2, -0.15) is 0 Å². The Balaban J connectivity index is 1.74. The number of aliphatic imine (C=N–C) groups is 1. The van der Waals surface area contributed by atoms with Gasteiger partial charge in [0.25, 0.3) is 0 Å². The molecule has 0 aromatic carbocycles. The molecule has 2 heterocycles. The molecule has 184 valence electrons. The van der Waals surface area contributed by atoms with Gasteiger partial charge in [-0.3, -0.25) is 29.5 Å². The number of nitrogens with one attached hydrogen (secondary N) is 1. The Morgan fingerprint density at radius 3 is 2.38 bits per heavy atom. The number of allylic oxidation sites excluding steroid dienone is 2. The zero-order valence-corrected chi connectivity index (χ0v) is 20.9. The van der Waals surface area contributed by atoms with Gasteiger partial charge in [0.05, 0.1) is 18.0 Å². The average Bonchev–Trinajstić information content (AvgIpc) is 2.85. The third-order valence-electron chi connectivity index (χ3n) is 5.95. The van der Waals surface area contributed by atoms with E-state index in [9.17, 15) is 4.79 Å². The van der Waals surface area contributed by atoms with Crippen molar-refractivity contribution in [2.24, 2.45) is 4.99 Å². The molecule has 0 saturated carbocycles. The lowest BCUT2D eigenvalue weighted by atomic mass is 10.1. The van der Waals surface area contributed by atoms with Crippen molar-refractivity contribution in [2.45, 2.75) is 13.5 Å². The number of hydrogen-bond acceptors (Lipinski definition) is 6. The summed E-state index contributed by atoms with van der Waals surface area (Å²) >= 11 is 0. The number of rotatable bonds is 14. The first-order valence-corrected chi connectivity index (χ1v) is 11.9. The van der Waals surface area contributed by atoms with Gasteiger partial charge in [-0.25, -0.2) is 0 Å². The van der Waals surface area contributed by atoms with Gasteiger partial charge in [0.15, 0.2) is 0 Å². The van der Waals surface area contributed by atoms with E-state index < -0.39 is 0 Å². The summed E-state index contributed by atoms with van der Waals surface area (Å²) in [5, 5.41) is 3.07. The van der Waals surface area contributed by atoms with Gasteiger partial charge in [-0.05, 0) is 30.7 Å². The Hall–Kier alpha value is -2.87. The van der Waals surface area contributed by atoms with E-state index in [1.807, 2.05) is 37.4 Å². The predicted octanol–water partition coefficient (Wildman–Crippen LogP) is 2.54. The van der Waals surface area contributed by atoms with Crippen molar-refractivity contribution in [1.82, 2.24) is 25.0 Å². The molecule has 0 unspecified atom stereocenters. The Morgan fingerprint density at radius 1 is 1.15 bits per heavy atom. The molecule has 0 radical (unpaired) electrons. The normalized spacial score (nSPS) is 15.9. The molecule has 7 nitrogen and oxygen atoms in total. The number of pyridine rings is 1. The molecule has 1 aliphatic heterocycles. The fourth-order valence-electron chi connectivity index (χ4n) is 3.90. The van der Waals surface area contributed by atoms with Crippen LogP contribution in [0.4, 0.5) is 0 Å². The van der Waals surface area contributed by atoms with Crippen molar-refractivity contribution in [3.05, 3.63) is 79.2 Å². The number of carbonyl (C=O) groups excluding carboxylic acids is 1. The molecule has 1 aliphatic rings. The summed E-state index contributed by atoms with van der Waals surface area (Å²) in [5.74, 6) is 0.0746. The van der Waals surface area contributed by atoms with Crippen LogP contribution in [0.2, 0.25) is 0 Å². The van der Waals surface area contributed by atoms with E-state index in [1.54, 1.807) is 13.1 Å². The van der Waals surface area contributed by atoms with Gasteiger partial charge in [-0.15, -0.1) is 6.58 Å². The Kier molecular flexibility index (Phi) is 12.2. The molecule has 1 amide bonds. The fraction of sp³-hybridized carbons (Fsp3) is 0.444. The summed E-state index contributed by atoms with van der Waals surface area (Å²) in [5.41, 5.74) is 3.99. The highest BCUT2D eigenvalue weighted by Gasteiger charge is 2.19. The molecule has 1 aromatic heterocycles. The molecule has 0 aliphatic carbocycles. The van der Waals surface area contributed by atoms with Crippen LogP contribution in [0.5, 0.6) is 0 Å². The first-order chi connectivity index (χ1) is 16.5. The van der Waals surface area contributed by atoms with E-state index in [-0.39, 0.29) is 5.91 Å². The monoisotopic (exact) mass is 464 g/mol. The van der Waals surface area contributed by atoms with E-state index in [1.165, 1.54) is 5.57 Å². The minimum Gasteiger partial charge on any atom is -0.354 e. The lowest BCUT2D eigenvalue weighted by Crippen LogP contribution is -2.50. The van der Waals surface area contributed by atoms with Gasteiger partial charge < -0.3 is 5.32 Å². The van der Waals surface area contributed by atoms with Crippen LogP contribution in [0.15, 0.2) is 72.9 Å². The second kappa shape index (κ2) is 15.1. The maximum atomic E-state index is 12.5. The van der Waals surface area contributed by atoms with E-state index in [2.05, 4.69) is 55.8 Å². The molecule has 34 heavy (non-hydrogen) atoms. The molecule has 1 N–H and O–H groups in total. The minimum absolute atomic E-state index is 0.0746. The smallest absolute Gasteiger partial charge is 0.234 e. The summed E-state index contributed by atoms with van der Waals surface area (Å²) in [6.45, 7) is 21.4. The number of aromatic nitrogens is 1. The minimum atomic E-state index is 0.0746. The molecular formula is C27H40N6O. The largest absolute Gasteiger partial charge is 0.354 e. The van der Waals surface area contributed by atoms with Crippen LogP contribution in [0, 0.1) is 0 Å². The summed E-state index contributed by atoms with van der Waals surface area (Å²) in [7, 11) is 1.74.